The fourth-order valence-corrected chi connectivity index (χ4v) is 2.23. The lowest BCUT2D eigenvalue weighted by Crippen LogP contribution is -2.42. The molecule has 1 fully saturated rings. The Hall–Kier alpha value is -0.570. The largest absolute Gasteiger partial charge is 0.396 e. The van der Waals surface area contributed by atoms with Gasteiger partial charge in [-0.3, -0.25) is 4.79 Å². The van der Waals surface area contributed by atoms with E-state index >= 15 is 0 Å². The lowest BCUT2D eigenvalue weighted by Gasteiger charge is -2.33. The standard InChI is InChI=1S/C12H23NO2/c1-3-11(4-2)12(15)13-7-5-10(9-14)6-8-13/h10-11,14H,3-9H2,1-2H3. The zero-order valence-corrected chi connectivity index (χ0v) is 9.91. The third-order valence-corrected chi connectivity index (χ3v) is 3.52. The van der Waals surface area contributed by atoms with Gasteiger partial charge in [0.25, 0.3) is 0 Å². The van der Waals surface area contributed by atoms with E-state index in [9.17, 15) is 4.79 Å². The Labute approximate surface area is 92.5 Å². The molecule has 1 aliphatic heterocycles. The van der Waals surface area contributed by atoms with Gasteiger partial charge in [-0.1, -0.05) is 13.8 Å². The van der Waals surface area contributed by atoms with E-state index in [-0.39, 0.29) is 12.5 Å². The van der Waals surface area contributed by atoms with Crippen molar-refractivity contribution in [1.82, 2.24) is 4.90 Å². The average Bonchev–Trinajstić information content (AvgIpc) is 2.30. The van der Waals surface area contributed by atoms with E-state index in [0.29, 0.717) is 11.8 Å². The molecule has 1 saturated heterocycles. The quantitative estimate of drug-likeness (QED) is 0.771. The lowest BCUT2D eigenvalue weighted by atomic mass is 9.95. The number of amides is 1. The van der Waals surface area contributed by atoms with E-state index in [0.717, 1.165) is 38.8 Å². The second-order valence-corrected chi connectivity index (χ2v) is 4.46. The summed E-state index contributed by atoms with van der Waals surface area (Å²) in [6, 6.07) is 0. The van der Waals surface area contributed by atoms with Crippen molar-refractivity contribution in [3.63, 3.8) is 0 Å². The fourth-order valence-electron chi connectivity index (χ4n) is 2.23. The molecule has 0 bridgehead atoms. The van der Waals surface area contributed by atoms with Crippen LogP contribution in [0, 0.1) is 11.8 Å². The summed E-state index contributed by atoms with van der Waals surface area (Å²) in [5.74, 6) is 0.933. The summed E-state index contributed by atoms with van der Waals surface area (Å²) < 4.78 is 0. The second kappa shape index (κ2) is 6.11. The first kappa shape index (κ1) is 12.5. The third-order valence-electron chi connectivity index (χ3n) is 3.52. The van der Waals surface area contributed by atoms with Gasteiger partial charge in [0.2, 0.25) is 5.91 Å². The number of aliphatic hydroxyl groups excluding tert-OH is 1. The van der Waals surface area contributed by atoms with E-state index < -0.39 is 0 Å². The maximum absolute atomic E-state index is 12.0. The molecule has 3 heteroatoms. The summed E-state index contributed by atoms with van der Waals surface area (Å²) in [6.07, 6.45) is 3.80. The molecule has 0 aromatic rings. The molecule has 15 heavy (non-hydrogen) atoms. The summed E-state index contributed by atoms with van der Waals surface area (Å²) in [4.78, 5) is 14.0. The summed E-state index contributed by atoms with van der Waals surface area (Å²) in [5.41, 5.74) is 0. The number of rotatable bonds is 4. The molecule has 0 aromatic carbocycles. The predicted molar refractivity (Wildman–Crippen MR) is 60.5 cm³/mol. The summed E-state index contributed by atoms with van der Waals surface area (Å²) in [5, 5.41) is 9.01. The molecule has 0 radical (unpaired) electrons. The molecule has 1 aliphatic rings. The number of likely N-dealkylation sites (tertiary alicyclic amines) is 1. The van der Waals surface area contributed by atoms with Crippen molar-refractivity contribution in [2.24, 2.45) is 11.8 Å². The predicted octanol–water partition coefficient (Wildman–Crippen LogP) is 1.65. The Kier molecular flexibility index (Phi) is 5.09. The molecule has 0 aliphatic carbocycles. The van der Waals surface area contributed by atoms with Crippen molar-refractivity contribution in [1.29, 1.82) is 0 Å². The van der Waals surface area contributed by atoms with E-state index in [1.165, 1.54) is 0 Å². The fraction of sp³-hybridized carbons (Fsp3) is 0.917. The minimum atomic E-state index is 0.204. The van der Waals surface area contributed by atoms with E-state index in [1.807, 2.05) is 4.90 Å². The summed E-state index contributed by atoms with van der Waals surface area (Å²) in [7, 11) is 0. The van der Waals surface area contributed by atoms with Crippen LogP contribution in [0.2, 0.25) is 0 Å². The molecule has 0 atom stereocenters. The molecule has 0 unspecified atom stereocenters. The van der Waals surface area contributed by atoms with Gasteiger partial charge >= 0.3 is 0 Å². The zero-order valence-electron chi connectivity index (χ0n) is 9.91. The zero-order chi connectivity index (χ0) is 11.3. The van der Waals surface area contributed by atoms with E-state index in [4.69, 9.17) is 5.11 Å². The van der Waals surface area contributed by atoms with Gasteiger partial charge in [0.15, 0.2) is 0 Å². The molecule has 0 saturated carbocycles. The molecule has 0 aromatic heterocycles. The van der Waals surface area contributed by atoms with Crippen LogP contribution >= 0.6 is 0 Å². The van der Waals surface area contributed by atoms with Crippen LogP contribution < -0.4 is 0 Å². The van der Waals surface area contributed by atoms with Crippen molar-refractivity contribution in [2.75, 3.05) is 19.7 Å². The molecule has 1 rings (SSSR count). The first-order valence-electron chi connectivity index (χ1n) is 6.12. The molecule has 88 valence electrons. The third kappa shape index (κ3) is 3.20. The van der Waals surface area contributed by atoms with Crippen molar-refractivity contribution in [3.8, 4) is 0 Å². The van der Waals surface area contributed by atoms with Crippen LogP contribution in [0.25, 0.3) is 0 Å². The summed E-state index contributed by atoms with van der Waals surface area (Å²) in [6.45, 7) is 6.09. The Balaban J connectivity index is 2.42. The molecular formula is C12H23NO2. The van der Waals surface area contributed by atoms with Crippen LogP contribution in [0.3, 0.4) is 0 Å². The molecule has 1 amide bonds. The van der Waals surface area contributed by atoms with Gasteiger partial charge in [-0.15, -0.1) is 0 Å². The van der Waals surface area contributed by atoms with Gasteiger partial charge in [0, 0.05) is 25.6 Å². The maximum Gasteiger partial charge on any atom is 0.225 e. The summed E-state index contributed by atoms with van der Waals surface area (Å²) >= 11 is 0. The van der Waals surface area contributed by atoms with Gasteiger partial charge in [-0.05, 0) is 31.6 Å². The second-order valence-electron chi connectivity index (χ2n) is 4.46. The van der Waals surface area contributed by atoms with Crippen molar-refractivity contribution in [3.05, 3.63) is 0 Å². The number of hydrogen-bond donors (Lipinski definition) is 1. The molecule has 1 heterocycles. The van der Waals surface area contributed by atoms with Gasteiger partial charge in [0.1, 0.15) is 0 Å². The van der Waals surface area contributed by atoms with E-state index in [2.05, 4.69) is 13.8 Å². The lowest BCUT2D eigenvalue weighted by molar-refractivity contribution is -0.137. The van der Waals surface area contributed by atoms with Crippen LogP contribution in [0.1, 0.15) is 39.5 Å². The number of nitrogens with zero attached hydrogens (tertiary/aromatic N) is 1. The molecule has 1 N–H and O–H groups in total. The van der Waals surface area contributed by atoms with Crippen molar-refractivity contribution in [2.45, 2.75) is 39.5 Å². The monoisotopic (exact) mass is 213 g/mol. The van der Waals surface area contributed by atoms with Crippen molar-refractivity contribution >= 4 is 5.91 Å². The maximum atomic E-state index is 12.0. The number of carbonyl (C=O) groups excluding carboxylic acids is 1. The Bertz CT molecular complexity index is 194. The number of carbonyl (C=O) groups is 1. The van der Waals surface area contributed by atoms with E-state index in [1.54, 1.807) is 0 Å². The van der Waals surface area contributed by atoms with Gasteiger partial charge < -0.3 is 10.0 Å². The number of piperidine rings is 1. The van der Waals surface area contributed by atoms with Gasteiger partial charge in [-0.25, -0.2) is 0 Å². The minimum absolute atomic E-state index is 0.204. The van der Waals surface area contributed by atoms with Crippen LogP contribution in [0.4, 0.5) is 0 Å². The van der Waals surface area contributed by atoms with Gasteiger partial charge in [-0.2, -0.15) is 0 Å². The molecular weight excluding hydrogens is 190 g/mol. The van der Waals surface area contributed by atoms with Gasteiger partial charge in [0.05, 0.1) is 0 Å². The topological polar surface area (TPSA) is 40.5 Å². The normalized spacial score (nSPS) is 18.5. The van der Waals surface area contributed by atoms with Crippen molar-refractivity contribution < 1.29 is 9.90 Å². The van der Waals surface area contributed by atoms with Crippen LogP contribution in [-0.4, -0.2) is 35.6 Å². The van der Waals surface area contributed by atoms with Crippen LogP contribution in [-0.2, 0) is 4.79 Å². The van der Waals surface area contributed by atoms with Crippen LogP contribution in [0.5, 0.6) is 0 Å². The Morgan fingerprint density at radius 1 is 1.33 bits per heavy atom. The Morgan fingerprint density at radius 3 is 2.27 bits per heavy atom. The smallest absolute Gasteiger partial charge is 0.225 e. The highest BCUT2D eigenvalue weighted by Gasteiger charge is 2.25. The highest BCUT2D eigenvalue weighted by Crippen LogP contribution is 2.20. The SMILES string of the molecule is CCC(CC)C(=O)N1CCC(CO)CC1. The average molecular weight is 213 g/mol. The van der Waals surface area contributed by atoms with Crippen LogP contribution in [0.15, 0.2) is 0 Å². The first-order valence-corrected chi connectivity index (χ1v) is 6.12. The molecule has 3 nitrogen and oxygen atoms in total. The number of hydrogen-bond acceptors (Lipinski definition) is 2. The highest BCUT2D eigenvalue weighted by molar-refractivity contribution is 5.78. The Morgan fingerprint density at radius 2 is 1.87 bits per heavy atom. The molecule has 0 spiro atoms. The minimum Gasteiger partial charge on any atom is -0.396 e. The number of aliphatic hydroxyl groups is 1. The highest BCUT2D eigenvalue weighted by atomic mass is 16.3. The first-order chi connectivity index (χ1) is 7.22.